The van der Waals surface area contributed by atoms with Crippen LogP contribution in [0.3, 0.4) is 0 Å². The number of hydrogen-bond acceptors (Lipinski definition) is 4. The Hall–Kier alpha value is -0.660. The van der Waals surface area contributed by atoms with Crippen LogP contribution >= 0.6 is 0 Å². The first-order valence-corrected chi connectivity index (χ1v) is 10.5. The second-order valence-corrected chi connectivity index (χ2v) is 8.75. The molecule has 1 spiro atoms. The number of nitrogens with zero attached hydrogens (tertiary/aromatic N) is 2. The van der Waals surface area contributed by atoms with E-state index in [0.717, 1.165) is 45.2 Å². The fourth-order valence-electron chi connectivity index (χ4n) is 3.76. The van der Waals surface area contributed by atoms with Gasteiger partial charge in [-0.05, 0) is 46.0 Å². The molecule has 2 atom stereocenters. The van der Waals surface area contributed by atoms with Crippen molar-refractivity contribution in [2.24, 2.45) is 0 Å². The van der Waals surface area contributed by atoms with Crippen molar-refractivity contribution in [3.63, 3.8) is 0 Å². The molecule has 0 radical (unpaired) electrons. The fraction of sp³-hybridized carbons (Fsp3) is 0.938. The highest BCUT2D eigenvalue weighted by molar-refractivity contribution is 7.88. The maximum absolute atomic E-state index is 12.1. The minimum absolute atomic E-state index is 0.0778. The molecule has 2 aliphatic rings. The summed E-state index contributed by atoms with van der Waals surface area (Å²) in [6.07, 6.45) is 6.16. The average molecular weight is 346 g/mol. The molecule has 2 saturated heterocycles. The van der Waals surface area contributed by atoms with Gasteiger partial charge in [0.05, 0.1) is 18.0 Å². The standard InChI is InChI=1S/C16H30N2O4S/c1-4-17(5-2)15(19)8-7-14-9-11-16(22-14)10-6-12-18(13-16)23(3,20)21/h14H,4-13H2,1-3H3/t14-,16-/m0/s1. The van der Waals surface area contributed by atoms with Gasteiger partial charge in [-0.25, -0.2) is 8.42 Å². The molecule has 1 amide bonds. The van der Waals surface area contributed by atoms with Crippen LogP contribution in [0.25, 0.3) is 0 Å². The summed E-state index contributed by atoms with van der Waals surface area (Å²) >= 11 is 0. The lowest BCUT2D eigenvalue weighted by Gasteiger charge is -2.39. The molecule has 2 heterocycles. The summed E-state index contributed by atoms with van der Waals surface area (Å²) in [5, 5.41) is 0. The zero-order chi connectivity index (χ0) is 17.1. The average Bonchev–Trinajstić information content (AvgIpc) is 2.88. The molecule has 0 aromatic rings. The molecule has 134 valence electrons. The largest absolute Gasteiger partial charge is 0.370 e. The lowest BCUT2D eigenvalue weighted by molar-refractivity contribution is -0.132. The third-order valence-electron chi connectivity index (χ3n) is 5.11. The Labute approximate surface area is 140 Å². The first kappa shape index (κ1) is 18.7. The number of sulfonamides is 1. The summed E-state index contributed by atoms with van der Waals surface area (Å²) in [6, 6.07) is 0. The number of rotatable bonds is 6. The van der Waals surface area contributed by atoms with Crippen LogP contribution in [-0.4, -0.2) is 67.7 Å². The van der Waals surface area contributed by atoms with Crippen LogP contribution in [0.2, 0.25) is 0 Å². The van der Waals surface area contributed by atoms with E-state index in [1.165, 1.54) is 6.26 Å². The summed E-state index contributed by atoms with van der Waals surface area (Å²) < 4.78 is 31.3. The zero-order valence-corrected chi connectivity index (χ0v) is 15.4. The van der Waals surface area contributed by atoms with Crippen molar-refractivity contribution >= 4 is 15.9 Å². The van der Waals surface area contributed by atoms with Crippen LogP contribution < -0.4 is 0 Å². The monoisotopic (exact) mass is 346 g/mol. The van der Waals surface area contributed by atoms with E-state index in [-0.39, 0.29) is 17.6 Å². The van der Waals surface area contributed by atoms with Crippen LogP contribution in [0.4, 0.5) is 0 Å². The zero-order valence-electron chi connectivity index (χ0n) is 14.6. The normalized spacial score (nSPS) is 29.1. The van der Waals surface area contributed by atoms with E-state index in [4.69, 9.17) is 4.74 Å². The van der Waals surface area contributed by atoms with E-state index in [9.17, 15) is 13.2 Å². The number of piperidine rings is 1. The molecule has 2 aliphatic heterocycles. The molecule has 23 heavy (non-hydrogen) atoms. The molecule has 0 bridgehead atoms. The van der Waals surface area contributed by atoms with Crippen molar-refractivity contribution in [3.8, 4) is 0 Å². The number of hydrogen-bond donors (Lipinski definition) is 0. The smallest absolute Gasteiger partial charge is 0.222 e. The molecule has 0 aromatic carbocycles. The molecule has 0 aliphatic carbocycles. The summed E-state index contributed by atoms with van der Waals surface area (Å²) in [6.45, 7) is 6.53. The van der Waals surface area contributed by atoms with Gasteiger partial charge in [-0.15, -0.1) is 0 Å². The van der Waals surface area contributed by atoms with Gasteiger partial charge in [0.1, 0.15) is 0 Å². The molecule has 6 nitrogen and oxygen atoms in total. The van der Waals surface area contributed by atoms with Gasteiger partial charge in [-0.1, -0.05) is 0 Å². The molecule has 0 aromatic heterocycles. The van der Waals surface area contributed by atoms with Gasteiger partial charge in [0.15, 0.2) is 0 Å². The van der Waals surface area contributed by atoms with E-state index in [1.807, 2.05) is 18.7 Å². The van der Waals surface area contributed by atoms with Gasteiger partial charge in [-0.3, -0.25) is 4.79 Å². The SMILES string of the molecule is CCN(CC)C(=O)CC[C@H]1CC[C@]2(CCCN(S(C)(=O)=O)C2)O1. The second-order valence-electron chi connectivity index (χ2n) is 6.77. The first-order chi connectivity index (χ1) is 10.8. The highest BCUT2D eigenvalue weighted by Crippen LogP contribution is 2.39. The number of ether oxygens (including phenoxy) is 1. The Kier molecular flexibility index (Phi) is 6.08. The van der Waals surface area contributed by atoms with Gasteiger partial charge < -0.3 is 9.64 Å². The Morgan fingerprint density at radius 2 is 2.00 bits per heavy atom. The maximum Gasteiger partial charge on any atom is 0.222 e. The third kappa shape index (κ3) is 4.67. The minimum Gasteiger partial charge on any atom is -0.370 e. The molecule has 0 unspecified atom stereocenters. The summed E-state index contributed by atoms with van der Waals surface area (Å²) in [4.78, 5) is 13.9. The Bertz CT molecular complexity index is 518. The van der Waals surface area contributed by atoms with E-state index in [0.29, 0.717) is 19.5 Å². The first-order valence-electron chi connectivity index (χ1n) is 8.70. The van der Waals surface area contributed by atoms with Gasteiger partial charge in [0.2, 0.25) is 15.9 Å². The molecule has 2 rings (SSSR count). The fourth-order valence-corrected chi connectivity index (χ4v) is 4.69. The van der Waals surface area contributed by atoms with Crippen molar-refractivity contribution < 1.29 is 17.9 Å². The van der Waals surface area contributed by atoms with E-state index in [1.54, 1.807) is 4.31 Å². The van der Waals surface area contributed by atoms with Crippen LogP contribution in [0.5, 0.6) is 0 Å². The Morgan fingerprint density at radius 3 is 2.61 bits per heavy atom. The van der Waals surface area contributed by atoms with E-state index < -0.39 is 10.0 Å². The quantitative estimate of drug-likeness (QED) is 0.733. The van der Waals surface area contributed by atoms with Gasteiger partial charge >= 0.3 is 0 Å². The summed E-state index contributed by atoms with van der Waals surface area (Å²) in [5.74, 6) is 0.181. The number of carbonyl (C=O) groups excluding carboxylic acids is 1. The predicted octanol–water partition coefficient (Wildman–Crippen LogP) is 1.61. The molecular formula is C16H30N2O4S. The lowest BCUT2D eigenvalue weighted by atomic mass is 9.91. The van der Waals surface area contributed by atoms with Crippen LogP contribution in [0.15, 0.2) is 0 Å². The second kappa shape index (κ2) is 7.49. The minimum atomic E-state index is -3.16. The Balaban J connectivity index is 1.87. The van der Waals surface area contributed by atoms with Crippen LogP contribution in [0, 0.1) is 0 Å². The van der Waals surface area contributed by atoms with Crippen molar-refractivity contribution in [2.75, 3.05) is 32.4 Å². The van der Waals surface area contributed by atoms with E-state index >= 15 is 0 Å². The summed E-state index contributed by atoms with van der Waals surface area (Å²) in [5.41, 5.74) is -0.329. The lowest BCUT2D eigenvalue weighted by Crippen LogP contribution is -2.50. The van der Waals surface area contributed by atoms with Gasteiger partial charge in [0.25, 0.3) is 0 Å². The van der Waals surface area contributed by atoms with Crippen molar-refractivity contribution in [1.82, 2.24) is 9.21 Å². The molecular weight excluding hydrogens is 316 g/mol. The van der Waals surface area contributed by atoms with Crippen LogP contribution in [-0.2, 0) is 19.6 Å². The molecule has 7 heteroatoms. The topological polar surface area (TPSA) is 66.9 Å². The molecule has 0 N–H and O–H groups in total. The van der Waals surface area contributed by atoms with Crippen molar-refractivity contribution in [3.05, 3.63) is 0 Å². The Morgan fingerprint density at radius 1 is 1.30 bits per heavy atom. The van der Waals surface area contributed by atoms with Crippen molar-refractivity contribution in [1.29, 1.82) is 0 Å². The molecule has 2 fully saturated rings. The summed E-state index contributed by atoms with van der Waals surface area (Å²) in [7, 11) is -3.16. The highest BCUT2D eigenvalue weighted by Gasteiger charge is 2.44. The number of amides is 1. The van der Waals surface area contributed by atoms with Crippen molar-refractivity contribution in [2.45, 2.75) is 64.1 Å². The third-order valence-corrected chi connectivity index (χ3v) is 6.36. The predicted molar refractivity (Wildman–Crippen MR) is 89.7 cm³/mol. The van der Waals surface area contributed by atoms with Crippen LogP contribution in [0.1, 0.15) is 52.4 Å². The highest BCUT2D eigenvalue weighted by atomic mass is 32.2. The maximum atomic E-state index is 12.1. The number of carbonyl (C=O) groups is 1. The van der Waals surface area contributed by atoms with Gasteiger partial charge in [-0.2, -0.15) is 4.31 Å². The van der Waals surface area contributed by atoms with Gasteiger partial charge in [0, 0.05) is 32.6 Å². The van der Waals surface area contributed by atoms with E-state index in [2.05, 4.69) is 0 Å². The molecule has 0 saturated carbocycles.